The van der Waals surface area contributed by atoms with Crippen LogP contribution in [0.15, 0.2) is 47.6 Å². The number of rotatable bonds is 6. The normalized spacial score (nSPS) is 13.3. The maximum absolute atomic E-state index is 13.5. The quantitative estimate of drug-likeness (QED) is 0.182. The van der Waals surface area contributed by atoms with Crippen molar-refractivity contribution in [2.24, 2.45) is 5.10 Å². The topological polar surface area (TPSA) is 29.3 Å². The van der Waals surface area contributed by atoms with Crippen molar-refractivity contribution in [2.75, 3.05) is 0 Å². The zero-order chi connectivity index (χ0) is 23.9. The monoisotopic (exact) mass is 479 g/mol. The number of halogens is 8. The van der Waals surface area contributed by atoms with E-state index in [1.165, 1.54) is 0 Å². The van der Waals surface area contributed by atoms with Crippen LogP contribution in [0.2, 0.25) is 5.02 Å². The van der Waals surface area contributed by atoms with E-state index in [2.05, 4.69) is 5.10 Å². The Labute approximate surface area is 183 Å². The average Bonchev–Trinajstić information content (AvgIpc) is 2.93. The van der Waals surface area contributed by atoms with Gasteiger partial charge in [0, 0.05) is 33.7 Å². The largest absolute Gasteiger partial charge is 0.462 e. The molecule has 172 valence electrons. The lowest BCUT2D eigenvalue weighted by atomic mass is 10.1. The number of nitrogens with one attached hydrogen (secondary N) is 1. The smallest absolute Gasteiger partial charge is 0.340 e. The number of nitrogens with zero attached hydrogens (tertiary/aromatic N) is 2. The minimum Gasteiger partial charge on any atom is -0.340 e. The van der Waals surface area contributed by atoms with E-state index in [0.717, 1.165) is 17.3 Å². The molecular weight excluding hydrogens is 463 g/mol. The standard InChI is InChI=1S/C21H17ClF7N3/c1-12-3-8-18-16(9-12)17(10-30-31-21(28,29)19(23,24)20(25,26)27)13(2)32(18)11-14-4-6-15(22)7-5-14/h3-10,31H,11H2,1-2H3/b30-10+. The van der Waals surface area contributed by atoms with Crippen molar-refractivity contribution < 1.29 is 30.7 Å². The molecule has 0 bridgehead atoms. The Hall–Kier alpha value is -2.75. The molecule has 3 nitrogen and oxygen atoms in total. The van der Waals surface area contributed by atoms with E-state index in [0.29, 0.717) is 39.2 Å². The Bertz CT molecular complexity index is 1150. The molecule has 1 aromatic heterocycles. The second-order valence-corrected chi connectivity index (χ2v) is 7.69. The van der Waals surface area contributed by atoms with Crippen LogP contribution in [0.5, 0.6) is 0 Å². The van der Waals surface area contributed by atoms with Crippen LogP contribution in [0, 0.1) is 13.8 Å². The molecule has 32 heavy (non-hydrogen) atoms. The number of hydrazone groups is 1. The summed E-state index contributed by atoms with van der Waals surface area (Å²) in [5.41, 5.74) is 3.94. The maximum atomic E-state index is 13.5. The summed E-state index contributed by atoms with van der Waals surface area (Å²) >= 11 is 5.90. The van der Waals surface area contributed by atoms with Gasteiger partial charge in [0.05, 0.1) is 6.21 Å². The summed E-state index contributed by atoms with van der Waals surface area (Å²) < 4.78 is 91.9. The van der Waals surface area contributed by atoms with Crippen molar-refractivity contribution in [1.29, 1.82) is 0 Å². The van der Waals surface area contributed by atoms with Gasteiger partial charge in [-0.2, -0.15) is 35.8 Å². The van der Waals surface area contributed by atoms with E-state index in [-0.39, 0.29) is 0 Å². The first-order valence-corrected chi connectivity index (χ1v) is 9.59. The Balaban J connectivity index is 1.99. The van der Waals surface area contributed by atoms with Gasteiger partial charge in [0.25, 0.3) is 0 Å². The van der Waals surface area contributed by atoms with Gasteiger partial charge in [-0.25, -0.2) is 5.43 Å². The molecule has 0 fully saturated rings. The van der Waals surface area contributed by atoms with E-state index in [9.17, 15) is 30.7 Å². The number of benzene rings is 2. The average molecular weight is 480 g/mol. The van der Waals surface area contributed by atoms with Crippen LogP contribution in [-0.4, -0.2) is 28.9 Å². The van der Waals surface area contributed by atoms with Crippen molar-refractivity contribution in [3.05, 3.63) is 69.9 Å². The molecule has 0 spiro atoms. The summed E-state index contributed by atoms with van der Waals surface area (Å²) in [7, 11) is 0. The van der Waals surface area contributed by atoms with Crippen molar-refractivity contribution in [2.45, 2.75) is 38.5 Å². The second-order valence-electron chi connectivity index (χ2n) is 7.25. The van der Waals surface area contributed by atoms with Gasteiger partial charge in [0.2, 0.25) is 0 Å². The predicted octanol–water partition coefficient (Wildman–Crippen LogP) is 6.67. The molecule has 2 aromatic carbocycles. The van der Waals surface area contributed by atoms with Crippen molar-refractivity contribution in [3.63, 3.8) is 0 Å². The van der Waals surface area contributed by atoms with E-state index in [1.54, 1.807) is 50.2 Å². The molecule has 11 heteroatoms. The molecule has 0 saturated carbocycles. The van der Waals surface area contributed by atoms with Crippen LogP contribution in [0.1, 0.15) is 22.4 Å². The molecule has 3 aromatic rings. The van der Waals surface area contributed by atoms with Crippen LogP contribution in [0.4, 0.5) is 30.7 Å². The summed E-state index contributed by atoms with van der Waals surface area (Å²) in [4.78, 5) is 0. The number of aryl methyl sites for hydroxylation is 1. The Morgan fingerprint density at radius 2 is 1.59 bits per heavy atom. The third-order valence-electron chi connectivity index (χ3n) is 4.93. The fraction of sp³-hybridized carbons (Fsp3) is 0.286. The minimum absolute atomic E-state index is 0.302. The number of alkyl halides is 7. The highest BCUT2D eigenvalue weighted by molar-refractivity contribution is 6.30. The van der Waals surface area contributed by atoms with E-state index >= 15 is 0 Å². The van der Waals surface area contributed by atoms with E-state index in [4.69, 9.17) is 11.6 Å². The zero-order valence-corrected chi connectivity index (χ0v) is 17.5. The molecule has 0 saturated heterocycles. The number of hydrogen-bond donors (Lipinski definition) is 1. The van der Waals surface area contributed by atoms with Gasteiger partial charge in [0.15, 0.2) is 0 Å². The highest BCUT2D eigenvalue weighted by atomic mass is 35.5. The summed E-state index contributed by atoms with van der Waals surface area (Å²) in [5.74, 6) is -6.30. The first-order valence-electron chi connectivity index (χ1n) is 9.21. The van der Waals surface area contributed by atoms with Gasteiger partial charge in [-0.3, -0.25) is 0 Å². The molecule has 0 radical (unpaired) electrons. The number of hydrogen-bond acceptors (Lipinski definition) is 2. The van der Waals surface area contributed by atoms with Gasteiger partial charge in [-0.05, 0) is 43.7 Å². The lowest BCUT2D eigenvalue weighted by Gasteiger charge is -2.27. The highest BCUT2D eigenvalue weighted by Gasteiger charge is 2.73. The molecule has 1 heterocycles. The van der Waals surface area contributed by atoms with Crippen molar-refractivity contribution in [1.82, 2.24) is 9.99 Å². The molecule has 3 rings (SSSR count). The second kappa shape index (κ2) is 8.31. The molecule has 1 N–H and O–H groups in total. The van der Waals surface area contributed by atoms with Gasteiger partial charge in [0.1, 0.15) is 0 Å². The molecular formula is C21H17ClF7N3. The highest BCUT2D eigenvalue weighted by Crippen LogP contribution is 2.45. The summed E-state index contributed by atoms with van der Waals surface area (Å²) in [6.45, 7) is 3.84. The van der Waals surface area contributed by atoms with Crippen LogP contribution in [0.3, 0.4) is 0 Å². The van der Waals surface area contributed by atoms with Crippen LogP contribution >= 0.6 is 11.6 Å². The lowest BCUT2D eigenvalue weighted by molar-refractivity contribution is -0.361. The van der Waals surface area contributed by atoms with Crippen LogP contribution < -0.4 is 5.43 Å². The lowest BCUT2D eigenvalue weighted by Crippen LogP contribution is -2.58. The summed E-state index contributed by atoms with van der Waals surface area (Å²) in [5, 5.41) is 4.16. The molecule has 0 unspecified atom stereocenters. The summed E-state index contributed by atoms with van der Waals surface area (Å²) in [6, 6.07) is 6.75. The molecule has 0 amide bonds. The SMILES string of the molecule is Cc1ccc2c(c1)c(/C=N/NC(F)(F)C(F)(F)C(F)(F)F)c(C)n2Cc1ccc(Cl)cc1. The van der Waals surface area contributed by atoms with Gasteiger partial charge in [-0.1, -0.05) is 35.4 Å². The third kappa shape index (κ3) is 4.41. The molecule has 0 aliphatic carbocycles. The first kappa shape index (κ1) is 23.9. The van der Waals surface area contributed by atoms with Gasteiger partial charge in [-0.15, -0.1) is 0 Å². The third-order valence-corrected chi connectivity index (χ3v) is 5.18. The van der Waals surface area contributed by atoms with Gasteiger partial charge >= 0.3 is 18.1 Å². The number of fused-ring (bicyclic) bond motifs is 1. The van der Waals surface area contributed by atoms with Crippen LogP contribution in [0.25, 0.3) is 10.9 Å². The molecule has 0 aliphatic heterocycles. The van der Waals surface area contributed by atoms with Crippen LogP contribution in [-0.2, 0) is 6.54 Å². The molecule has 0 aliphatic rings. The van der Waals surface area contributed by atoms with Crippen molar-refractivity contribution >= 4 is 28.7 Å². The zero-order valence-electron chi connectivity index (χ0n) is 16.7. The maximum Gasteiger partial charge on any atom is 0.462 e. The van der Waals surface area contributed by atoms with Gasteiger partial charge < -0.3 is 4.57 Å². The van der Waals surface area contributed by atoms with E-state index < -0.39 is 18.1 Å². The van der Waals surface area contributed by atoms with Crippen molar-refractivity contribution in [3.8, 4) is 0 Å². The Kier molecular flexibility index (Phi) is 6.21. The Morgan fingerprint density at radius 3 is 2.19 bits per heavy atom. The molecule has 0 atom stereocenters. The fourth-order valence-corrected chi connectivity index (χ4v) is 3.31. The number of aromatic nitrogens is 1. The minimum atomic E-state index is -6.44. The predicted molar refractivity (Wildman–Crippen MR) is 109 cm³/mol. The van der Waals surface area contributed by atoms with E-state index in [1.807, 2.05) is 10.6 Å². The first-order chi connectivity index (χ1) is 14.7. The Morgan fingerprint density at radius 1 is 0.969 bits per heavy atom. The fourth-order valence-electron chi connectivity index (χ4n) is 3.19. The summed E-state index contributed by atoms with van der Waals surface area (Å²) in [6.07, 6.45) is -5.63.